The van der Waals surface area contributed by atoms with E-state index in [-0.39, 0.29) is 18.5 Å². The summed E-state index contributed by atoms with van der Waals surface area (Å²) in [6.07, 6.45) is 6.23. The van der Waals surface area contributed by atoms with Gasteiger partial charge in [-0.25, -0.2) is 0 Å². The summed E-state index contributed by atoms with van der Waals surface area (Å²) < 4.78 is 11.4. The molecule has 0 amide bonds. The van der Waals surface area contributed by atoms with Crippen molar-refractivity contribution in [2.45, 2.75) is 18.9 Å². The first-order chi connectivity index (χ1) is 9.88. The molecular formula is C15H18ClN3O2. The van der Waals surface area contributed by atoms with Crippen molar-refractivity contribution in [2.24, 2.45) is 5.92 Å². The van der Waals surface area contributed by atoms with Crippen molar-refractivity contribution in [3.63, 3.8) is 0 Å². The highest BCUT2D eigenvalue weighted by Crippen LogP contribution is 2.31. The Hall–Kier alpha value is -1.59. The molecule has 2 bridgehead atoms. The van der Waals surface area contributed by atoms with Gasteiger partial charge in [0.1, 0.15) is 6.10 Å². The first kappa shape index (κ1) is 14.4. The van der Waals surface area contributed by atoms with Crippen LogP contribution in [0, 0.1) is 5.92 Å². The van der Waals surface area contributed by atoms with Crippen molar-refractivity contribution in [1.29, 1.82) is 0 Å². The fraction of sp³-hybridized carbons (Fsp3) is 0.467. The van der Waals surface area contributed by atoms with Crippen LogP contribution in [0.4, 0.5) is 0 Å². The molecular weight excluding hydrogens is 290 g/mol. The van der Waals surface area contributed by atoms with Crippen LogP contribution in [0.3, 0.4) is 0 Å². The van der Waals surface area contributed by atoms with Crippen LogP contribution < -0.4 is 4.74 Å². The molecule has 5 nitrogen and oxygen atoms in total. The molecule has 21 heavy (non-hydrogen) atoms. The zero-order chi connectivity index (χ0) is 13.4. The number of ether oxygens (including phenoxy) is 1. The van der Waals surface area contributed by atoms with Gasteiger partial charge in [-0.3, -0.25) is 9.88 Å². The quantitative estimate of drug-likeness (QED) is 0.872. The predicted octanol–water partition coefficient (Wildman–Crippen LogP) is 2.63. The van der Waals surface area contributed by atoms with Crippen LogP contribution >= 0.6 is 12.4 Å². The Morgan fingerprint density at radius 1 is 1.29 bits per heavy atom. The van der Waals surface area contributed by atoms with Crippen molar-refractivity contribution in [2.75, 3.05) is 19.6 Å². The smallest absolute Gasteiger partial charge is 0.255 e. The van der Waals surface area contributed by atoms with Crippen molar-refractivity contribution in [3.05, 3.63) is 30.6 Å². The van der Waals surface area contributed by atoms with Crippen molar-refractivity contribution >= 4 is 12.4 Å². The van der Waals surface area contributed by atoms with Crippen LogP contribution in [-0.2, 0) is 0 Å². The molecule has 1 unspecified atom stereocenters. The van der Waals surface area contributed by atoms with E-state index in [0.717, 1.165) is 12.1 Å². The maximum absolute atomic E-state index is 6.02. The number of nitrogens with zero attached hydrogens (tertiary/aromatic N) is 3. The second kappa shape index (κ2) is 6.03. The highest BCUT2D eigenvalue weighted by molar-refractivity contribution is 5.85. The average Bonchev–Trinajstić information content (AvgIpc) is 2.98. The lowest BCUT2D eigenvalue weighted by Crippen LogP contribution is -2.52. The van der Waals surface area contributed by atoms with Gasteiger partial charge >= 0.3 is 0 Å². The van der Waals surface area contributed by atoms with Gasteiger partial charge in [0.25, 0.3) is 5.88 Å². The summed E-state index contributed by atoms with van der Waals surface area (Å²) in [5, 5.41) is 4.03. The summed E-state index contributed by atoms with van der Waals surface area (Å²) in [4.78, 5) is 6.55. The fourth-order valence-corrected chi connectivity index (χ4v) is 3.16. The van der Waals surface area contributed by atoms with Crippen molar-refractivity contribution in [1.82, 2.24) is 15.0 Å². The standard InChI is InChI=1S/C15H17N3O2.ClH/c1-2-12(9-16-5-1)13-8-15(17-20-13)19-14-10-18-6-3-11(14)4-7-18;/h1-2,5,8-9,11,14H,3-4,6-7,10H2;1H. The molecule has 0 N–H and O–H groups in total. The molecule has 0 aromatic carbocycles. The summed E-state index contributed by atoms with van der Waals surface area (Å²) >= 11 is 0. The Balaban J connectivity index is 0.00000132. The molecule has 3 fully saturated rings. The molecule has 3 aliphatic rings. The summed E-state index contributed by atoms with van der Waals surface area (Å²) in [5.74, 6) is 1.95. The van der Waals surface area contributed by atoms with Crippen LogP contribution in [0.15, 0.2) is 35.1 Å². The topological polar surface area (TPSA) is 51.4 Å². The summed E-state index contributed by atoms with van der Waals surface area (Å²) in [5.41, 5.74) is 0.920. The maximum atomic E-state index is 6.02. The van der Waals surface area contributed by atoms with E-state index < -0.39 is 0 Å². The zero-order valence-electron chi connectivity index (χ0n) is 11.6. The number of halogens is 1. The molecule has 112 valence electrons. The Kier molecular flexibility index (Phi) is 4.12. The van der Waals surface area contributed by atoms with Gasteiger partial charge in [-0.1, -0.05) is 0 Å². The lowest BCUT2D eigenvalue weighted by Gasteiger charge is -2.43. The number of pyridine rings is 1. The highest BCUT2D eigenvalue weighted by atomic mass is 35.5. The van der Waals surface area contributed by atoms with Gasteiger partial charge in [0.2, 0.25) is 0 Å². The van der Waals surface area contributed by atoms with E-state index >= 15 is 0 Å². The lowest BCUT2D eigenvalue weighted by atomic mass is 9.86. The Bertz CT molecular complexity index is 582. The third-order valence-corrected chi connectivity index (χ3v) is 4.30. The monoisotopic (exact) mass is 307 g/mol. The Labute approximate surface area is 129 Å². The van der Waals surface area contributed by atoms with Gasteiger partial charge in [-0.05, 0) is 49.1 Å². The van der Waals surface area contributed by atoms with E-state index in [9.17, 15) is 0 Å². The second-order valence-electron chi connectivity index (χ2n) is 5.57. The number of fused-ring (bicyclic) bond motifs is 3. The number of piperidine rings is 3. The minimum Gasteiger partial charge on any atom is -0.471 e. The van der Waals surface area contributed by atoms with Crippen LogP contribution in [0.1, 0.15) is 12.8 Å². The van der Waals surface area contributed by atoms with Gasteiger partial charge in [0, 0.05) is 30.6 Å². The first-order valence-electron chi connectivity index (χ1n) is 7.14. The minimum absolute atomic E-state index is 0. The molecule has 1 atom stereocenters. The molecule has 3 saturated heterocycles. The molecule has 5 rings (SSSR count). The molecule has 2 aromatic heterocycles. The SMILES string of the molecule is Cl.c1cncc(-c2cc(OC3CN4CCC3CC4)no2)c1. The van der Waals surface area contributed by atoms with Crippen molar-refractivity contribution in [3.8, 4) is 17.2 Å². The third-order valence-electron chi connectivity index (χ3n) is 4.30. The second-order valence-corrected chi connectivity index (χ2v) is 5.57. The zero-order valence-corrected chi connectivity index (χ0v) is 12.5. The molecule has 6 heteroatoms. The van der Waals surface area contributed by atoms with Gasteiger partial charge in [-0.2, -0.15) is 0 Å². The van der Waals surface area contributed by atoms with E-state index in [1.165, 1.54) is 25.9 Å². The van der Waals surface area contributed by atoms with Crippen LogP contribution in [0.2, 0.25) is 0 Å². The molecule has 5 heterocycles. The third kappa shape index (κ3) is 2.89. The summed E-state index contributed by atoms with van der Waals surface area (Å²) in [6.45, 7) is 3.44. The van der Waals surface area contributed by atoms with Gasteiger partial charge in [0.05, 0.1) is 0 Å². The van der Waals surface area contributed by atoms with Crippen LogP contribution in [0.5, 0.6) is 5.88 Å². The normalized spacial score (nSPS) is 27.1. The first-order valence-corrected chi connectivity index (χ1v) is 7.14. The minimum atomic E-state index is 0. The Morgan fingerprint density at radius 3 is 2.81 bits per heavy atom. The van der Waals surface area contributed by atoms with Gasteiger partial charge in [-0.15, -0.1) is 12.4 Å². The van der Waals surface area contributed by atoms with Gasteiger partial charge < -0.3 is 9.26 Å². The van der Waals surface area contributed by atoms with Crippen molar-refractivity contribution < 1.29 is 9.26 Å². The number of hydrogen-bond donors (Lipinski definition) is 0. The average molecular weight is 308 g/mol. The number of aromatic nitrogens is 2. The van der Waals surface area contributed by atoms with Crippen LogP contribution in [0.25, 0.3) is 11.3 Å². The fourth-order valence-electron chi connectivity index (χ4n) is 3.16. The molecule has 0 spiro atoms. The number of rotatable bonds is 3. The van der Waals surface area contributed by atoms with Crippen LogP contribution in [-0.4, -0.2) is 40.8 Å². The van der Waals surface area contributed by atoms with E-state index in [4.69, 9.17) is 9.26 Å². The van der Waals surface area contributed by atoms with Gasteiger partial charge in [0.15, 0.2) is 5.76 Å². The predicted molar refractivity (Wildman–Crippen MR) is 80.6 cm³/mol. The number of hydrogen-bond acceptors (Lipinski definition) is 5. The summed E-state index contributed by atoms with van der Waals surface area (Å²) in [6, 6.07) is 5.69. The van der Waals surface area contributed by atoms with E-state index in [1.54, 1.807) is 12.4 Å². The molecule has 0 radical (unpaired) electrons. The highest BCUT2D eigenvalue weighted by Gasteiger charge is 2.36. The summed E-state index contributed by atoms with van der Waals surface area (Å²) in [7, 11) is 0. The largest absolute Gasteiger partial charge is 0.471 e. The maximum Gasteiger partial charge on any atom is 0.255 e. The Morgan fingerprint density at radius 2 is 2.14 bits per heavy atom. The lowest BCUT2D eigenvalue weighted by molar-refractivity contribution is -0.0113. The van der Waals surface area contributed by atoms with E-state index in [0.29, 0.717) is 17.6 Å². The molecule has 3 aliphatic heterocycles. The van der Waals surface area contributed by atoms with E-state index in [2.05, 4.69) is 15.0 Å². The van der Waals surface area contributed by atoms with E-state index in [1.807, 2.05) is 18.2 Å². The molecule has 2 aromatic rings. The molecule has 0 saturated carbocycles. The molecule has 0 aliphatic carbocycles.